The zero-order chi connectivity index (χ0) is 67.6. The normalized spacial score (nSPS) is 24.6. The number of fused-ring (bicyclic) bond motifs is 9. The molecule has 3 aliphatic carbocycles. The largest absolute Gasteiger partial charge is 0.490 e. The average molecular weight is 1420 g/mol. The Labute approximate surface area is 555 Å². The average Bonchev–Trinajstić information content (AvgIpc) is 0.713. The third-order valence-corrected chi connectivity index (χ3v) is 26.8. The van der Waals surface area contributed by atoms with Crippen molar-refractivity contribution in [1.29, 1.82) is 15.8 Å². The molecule has 0 bridgehead atoms. The molecule has 94 heavy (non-hydrogen) atoms. The minimum atomic E-state index is -4.31. The number of benzene rings is 6. The third kappa shape index (κ3) is 12.6. The van der Waals surface area contributed by atoms with Gasteiger partial charge in [0.25, 0.3) is 0 Å². The predicted octanol–water partition coefficient (Wildman–Crippen LogP) is 14.3. The van der Waals surface area contributed by atoms with Crippen LogP contribution in [-0.2, 0) is 53.3 Å². The molecule has 0 saturated heterocycles. The zero-order valence-electron chi connectivity index (χ0n) is 48.9. The van der Waals surface area contributed by atoms with Gasteiger partial charge in [-0.05, 0) is 154 Å². The number of carbonyl (C=O) groups excluding carboxylic acids is 2. The van der Waals surface area contributed by atoms with E-state index >= 15 is 8.78 Å². The van der Waals surface area contributed by atoms with Crippen LogP contribution < -0.4 is 14.2 Å². The fraction of sp³-hybridized carbons (Fsp3) is 0.358. The first-order valence-corrected chi connectivity index (χ1v) is 34.6. The molecule has 6 aromatic carbocycles. The van der Waals surface area contributed by atoms with E-state index in [1.165, 1.54) is 78.9 Å². The van der Waals surface area contributed by atoms with Gasteiger partial charge in [-0.2, -0.15) is 15.8 Å². The van der Waals surface area contributed by atoms with Crippen molar-refractivity contribution in [1.82, 2.24) is 0 Å². The number of nitrogens with zero attached hydrogens (tertiary/aromatic N) is 3. The number of Topliss-reactive ketones (excluding diaryl/α,β-unsaturated/α-hetero) is 2. The van der Waals surface area contributed by atoms with Crippen molar-refractivity contribution in [3.8, 4) is 35.5 Å². The highest BCUT2D eigenvalue weighted by Gasteiger charge is 2.65. The number of hydrogen-bond acceptors (Lipinski definition) is 15. The van der Waals surface area contributed by atoms with Crippen LogP contribution in [0.3, 0.4) is 0 Å². The lowest BCUT2D eigenvalue weighted by atomic mass is 9.65. The first-order chi connectivity index (χ1) is 44.2. The van der Waals surface area contributed by atoms with E-state index in [-0.39, 0.29) is 141 Å². The van der Waals surface area contributed by atoms with Crippen molar-refractivity contribution in [3.63, 3.8) is 0 Å². The van der Waals surface area contributed by atoms with Crippen molar-refractivity contribution in [3.05, 3.63) is 189 Å². The van der Waals surface area contributed by atoms with Crippen molar-refractivity contribution in [2.24, 2.45) is 29.6 Å². The van der Waals surface area contributed by atoms with Crippen LogP contribution in [0, 0.1) is 98.5 Å². The lowest BCUT2D eigenvalue weighted by Crippen LogP contribution is -2.57. The van der Waals surface area contributed by atoms with Crippen LogP contribution in [0.4, 0.5) is 26.3 Å². The molecule has 0 unspecified atom stereocenters. The van der Waals surface area contributed by atoms with E-state index < -0.39 is 132 Å². The first-order valence-electron chi connectivity index (χ1n) is 29.0. The molecule has 496 valence electrons. The van der Waals surface area contributed by atoms with Crippen molar-refractivity contribution >= 4 is 75.9 Å². The van der Waals surface area contributed by atoms with Crippen molar-refractivity contribution in [2.45, 2.75) is 113 Å². The summed E-state index contributed by atoms with van der Waals surface area (Å²) in [6, 6.07) is 27.5. The molecule has 3 aliphatic heterocycles. The van der Waals surface area contributed by atoms with E-state index in [2.05, 4.69) is 6.58 Å². The Morgan fingerprint density at radius 1 is 0.532 bits per heavy atom. The summed E-state index contributed by atoms with van der Waals surface area (Å²) in [5.41, 5.74) is -1.04. The maximum absolute atomic E-state index is 15.2. The van der Waals surface area contributed by atoms with Gasteiger partial charge in [0.05, 0.1) is 75.5 Å². The maximum atomic E-state index is 15.2. The van der Waals surface area contributed by atoms with E-state index in [4.69, 9.17) is 64.8 Å². The molecule has 3 heterocycles. The lowest BCUT2D eigenvalue weighted by Gasteiger charge is -2.51. The number of nitriles is 3. The van der Waals surface area contributed by atoms with E-state index in [0.717, 1.165) is 36.4 Å². The molecule has 0 radical (unpaired) electrons. The predicted molar refractivity (Wildman–Crippen MR) is 335 cm³/mol. The Morgan fingerprint density at radius 3 is 1.32 bits per heavy atom. The van der Waals surface area contributed by atoms with Gasteiger partial charge in [-0.3, -0.25) is 9.59 Å². The van der Waals surface area contributed by atoms with E-state index in [1.807, 2.05) is 12.1 Å². The van der Waals surface area contributed by atoms with Gasteiger partial charge < -0.3 is 19.3 Å². The third-order valence-electron chi connectivity index (χ3n) is 18.3. The second kappa shape index (κ2) is 28.9. The molecule has 0 spiro atoms. The molecule has 0 amide bonds. The summed E-state index contributed by atoms with van der Waals surface area (Å²) in [4.78, 5) is 24.5. The van der Waals surface area contributed by atoms with Gasteiger partial charge in [0.15, 0.2) is 64.2 Å². The molecule has 6 aromatic rings. The lowest BCUT2D eigenvalue weighted by molar-refractivity contribution is -0.129. The number of ether oxygens (including phenoxy) is 3. The monoisotopic (exact) mass is 1410 g/mol. The summed E-state index contributed by atoms with van der Waals surface area (Å²) >= 11 is 17.7. The molecular weight excluding hydrogens is 1360 g/mol. The SMILES string of the molecule is C.C=CC#N.N#CCC[C@@H]1C(=O)CC[C@@]2(S(=O)(=O)c3ccc(Cl)cc3)c3c(F)ccc(F)c3OC[C@@H]12.N#CCC[C@@H]1[C@H](O)CC[C@@]2(S(=O)(=O)c3ccc(Cl)cc3)c3c(F)ccc(F)c3OC[C@@H]12.O=C1CC[C@@]2(S(=O)(=O)c3ccc(Cl)cc3)c3c(F)ccc(F)c3OC[C@H]2C1. The molecule has 1 N–H and O–H groups in total. The number of ketones is 2. The molecule has 6 aliphatic rings. The second-order valence-electron chi connectivity index (χ2n) is 22.9. The zero-order valence-corrected chi connectivity index (χ0v) is 53.7. The second-order valence-corrected chi connectivity index (χ2v) is 30.8. The Hall–Kier alpha value is -7.47. The van der Waals surface area contributed by atoms with E-state index in [0.29, 0.717) is 15.1 Å². The fourth-order valence-corrected chi connectivity index (χ4v) is 21.7. The Morgan fingerprint density at radius 2 is 0.894 bits per heavy atom. The number of sulfone groups is 3. The quantitative estimate of drug-likeness (QED) is 0.0988. The summed E-state index contributed by atoms with van der Waals surface area (Å²) in [6.07, 6.45) is 0.154. The van der Waals surface area contributed by atoms with Crippen LogP contribution in [0.15, 0.2) is 137 Å². The van der Waals surface area contributed by atoms with E-state index in [9.17, 15) is 57.5 Å². The standard InChI is InChI=1S/C22H20ClF2NO4S.C22H18ClF2NO4S.C19H15ClF2O4S.C3H3N.CH4/c2*23-13-3-5-14(6-4-13)31(28,29)22-10-9-19(27)15(2-1-11-26)16(22)12-30-21-18(25)8-7-17(24)20(21)22;20-12-1-3-14(4-2-12)27(24,25)19-8-7-13(23)9-11(19)10-26-18-16(22)6-5-15(21)17(18)19;1-2-3-4;/h3-8,15-16,19,27H,1-2,9-10,12H2;3-8,15-16H,1-2,9-10,12H2;1-6,11H,7-10H2;2H,1H2;1H4/t15-,16-,19+,22-;15-,16-,22-;11-,19+;;/m001../s1. The van der Waals surface area contributed by atoms with Gasteiger partial charge >= 0.3 is 0 Å². The minimum Gasteiger partial charge on any atom is -0.490 e. The van der Waals surface area contributed by atoms with Crippen LogP contribution in [-0.4, -0.2) is 67.9 Å². The van der Waals surface area contributed by atoms with Gasteiger partial charge in [0.1, 0.15) is 43.3 Å². The summed E-state index contributed by atoms with van der Waals surface area (Å²) in [5, 5.41) is 37.2. The Bertz CT molecular complexity index is 4400. The van der Waals surface area contributed by atoms with Crippen molar-refractivity contribution < 1.29 is 80.5 Å². The summed E-state index contributed by atoms with van der Waals surface area (Å²) < 4.78 is 183. The number of aliphatic hydroxyl groups is 1. The summed E-state index contributed by atoms with van der Waals surface area (Å²) in [6.45, 7) is 2.45. The highest BCUT2D eigenvalue weighted by Crippen LogP contribution is 2.61. The fourth-order valence-electron chi connectivity index (χ4n) is 14.2. The van der Waals surface area contributed by atoms with Crippen LogP contribution >= 0.6 is 34.8 Å². The van der Waals surface area contributed by atoms with Crippen molar-refractivity contribution in [2.75, 3.05) is 19.8 Å². The molecule has 3 fully saturated rings. The van der Waals surface area contributed by atoms with Crippen LogP contribution in [0.25, 0.3) is 0 Å². The molecule has 9 atom stereocenters. The van der Waals surface area contributed by atoms with Gasteiger partial charge in [0, 0.05) is 76.9 Å². The maximum Gasteiger partial charge on any atom is 0.188 e. The molecule has 0 aromatic heterocycles. The number of carbonyl (C=O) groups is 2. The van der Waals surface area contributed by atoms with Crippen LogP contribution in [0.1, 0.15) is 94.7 Å². The number of hydrogen-bond donors (Lipinski definition) is 1. The Kier molecular flexibility index (Phi) is 22.2. The number of rotatable bonds is 10. The highest BCUT2D eigenvalue weighted by atomic mass is 35.5. The van der Waals surface area contributed by atoms with Gasteiger partial charge in [0.2, 0.25) is 0 Å². The first kappa shape index (κ1) is 72.4. The number of aliphatic hydroxyl groups excluding tert-OH is 1. The van der Waals surface area contributed by atoms with E-state index in [1.54, 1.807) is 6.07 Å². The van der Waals surface area contributed by atoms with Gasteiger partial charge in [-0.25, -0.2) is 51.6 Å². The number of allylic oxidation sites excluding steroid dienone is 1. The summed E-state index contributed by atoms with van der Waals surface area (Å²) in [7, 11) is -12.8. The highest BCUT2D eigenvalue weighted by molar-refractivity contribution is 7.93. The van der Waals surface area contributed by atoms with Crippen LogP contribution in [0.5, 0.6) is 17.2 Å². The smallest absolute Gasteiger partial charge is 0.188 e. The van der Waals surface area contributed by atoms with Gasteiger partial charge in [-0.15, -0.1) is 0 Å². The molecule has 12 rings (SSSR count). The topological polar surface area (TPSA) is 256 Å². The number of halogens is 9. The molecule has 15 nitrogen and oxygen atoms in total. The summed E-state index contributed by atoms with van der Waals surface area (Å²) in [5.74, 6) is -10.9. The Balaban J connectivity index is 0.000000175. The van der Waals surface area contributed by atoms with Crippen LogP contribution in [0.2, 0.25) is 15.1 Å². The minimum absolute atomic E-state index is 0. The van der Waals surface area contributed by atoms with Gasteiger partial charge in [-0.1, -0.05) is 48.8 Å². The molecule has 27 heteroatoms. The molecule has 3 saturated carbocycles. The molecular formula is C67H60Cl3F6N3O12S3.